The van der Waals surface area contributed by atoms with Crippen LogP contribution in [0.2, 0.25) is 0 Å². The molecular formula is C20H24F2N4O. The molecule has 0 aliphatic carbocycles. The lowest BCUT2D eigenvalue weighted by Gasteiger charge is -2.34. The molecule has 3 rings (SSSR count). The summed E-state index contributed by atoms with van der Waals surface area (Å²) in [4.78, 5) is 14.7. The van der Waals surface area contributed by atoms with Crippen molar-refractivity contribution in [2.45, 2.75) is 25.7 Å². The van der Waals surface area contributed by atoms with E-state index in [0.29, 0.717) is 28.3 Å². The molecule has 7 heteroatoms. The highest BCUT2D eigenvalue weighted by Gasteiger charge is 2.35. The Kier molecular flexibility index (Phi) is 5.21. The maximum Gasteiger partial charge on any atom is 0.257 e. The first-order valence-electron chi connectivity index (χ1n) is 8.91. The molecule has 0 bridgehead atoms. The Bertz CT molecular complexity index is 827. The number of benzene rings is 2. The molecule has 0 saturated carbocycles. The van der Waals surface area contributed by atoms with Crippen LogP contribution < -0.4 is 21.3 Å². The number of nitrogens with one attached hydrogen (secondary N) is 2. The number of hydrogen-bond acceptors (Lipinski definition) is 4. The van der Waals surface area contributed by atoms with Crippen molar-refractivity contribution in [2.75, 3.05) is 41.4 Å². The number of hydrogen-bond donors (Lipinski definition) is 3. The quantitative estimate of drug-likeness (QED) is 0.705. The van der Waals surface area contributed by atoms with Gasteiger partial charge in [0, 0.05) is 38.7 Å². The minimum Gasteiger partial charge on any atom is -0.397 e. The number of carbonyl (C=O) groups is 1. The van der Waals surface area contributed by atoms with Crippen molar-refractivity contribution in [1.29, 1.82) is 0 Å². The van der Waals surface area contributed by atoms with Gasteiger partial charge in [0.05, 0.1) is 22.6 Å². The maximum atomic E-state index is 13.5. The summed E-state index contributed by atoms with van der Waals surface area (Å²) < 4.78 is 27.1. The van der Waals surface area contributed by atoms with Crippen molar-refractivity contribution in [1.82, 2.24) is 0 Å². The van der Waals surface area contributed by atoms with E-state index in [-0.39, 0.29) is 31.8 Å². The second-order valence-electron chi connectivity index (χ2n) is 6.87. The summed E-state index contributed by atoms with van der Waals surface area (Å²) >= 11 is 0. The molecule has 1 heterocycles. The smallest absolute Gasteiger partial charge is 0.257 e. The molecule has 1 aliphatic rings. The SMILES string of the molecule is CNc1cc(N2CCC(F)(F)CC2)c(C(=O)Nc2ccc(C)cc2)cc1N. The van der Waals surface area contributed by atoms with Gasteiger partial charge in [-0.15, -0.1) is 0 Å². The summed E-state index contributed by atoms with van der Waals surface area (Å²) in [5.74, 6) is -2.97. The van der Waals surface area contributed by atoms with E-state index in [1.807, 2.05) is 36.1 Å². The number of aryl methyl sites for hydroxylation is 1. The van der Waals surface area contributed by atoms with Crippen LogP contribution in [0.5, 0.6) is 0 Å². The van der Waals surface area contributed by atoms with Gasteiger partial charge in [-0.2, -0.15) is 0 Å². The molecule has 1 fully saturated rings. The van der Waals surface area contributed by atoms with Gasteiger partial charge in [-0.3, -0.25) is 4.79 Å². The molecule has 4 N–H and O–H groups in total. The molecule has 0 radical (unpaired) electrons. The first-order chi connectivity index (χ1) is 12.8. The maximum absolute atomic E-state index is 13.5. The fourth-order valence-corrected chi connectivity index (χ4v) is 3.18. The third-order valence-corrected chi connectivity index (χ3v) is 4.83. The molecule has 1 amide bonds. The van der Waals surface area contributed by atoms with Gasteiger partial charge in [-0.1, -0.05) is 17.7 Å². The average Bonchev–Trinajstić information content (AvgIpc) is 2.63. The zero-order chi connectivity index (χ0) is 19.6. The van der Waals surface area contributed by atoms with Gasteiger partial charge in [0.15, 0.2) is 0 Å². The minimum atomic E-state index is -2.65. The van der Waals surface area contributed by atoms with Gasteiger partial charge in [-0.25, -0.2) is 8.78 Å². The number of anilines is 4. The number of nitrogens with zero attached hydrogens (tertiary/aromatic N) is 1. The molecule has 5 nitrogen and oxygen atoms in total. The Labute approximate surface area is 157 Å². The average molecular weight is 374 g/mol. The molecular weight excluding hydrogens is 350 g/mol. The van der Waals surface area contributed by atoms with Crippen LogP contribution >= 0.6 is 0 Å². The number of carbonyl (C=O) groups excluding carboxylic acids is 1. The van der Waals surface area contributed by atoms with E-state index >= 15 is 0 Å². The monoisotopic (exact) mass is 374 g/mol. The molecule has 0 unspecified atom stereocenters. The van der Waals surface area contributed by atoms with Crippen LogP contribution in [0.25, 0.3) is 0 Å². The van der Waals surface area contributed by atoms with E-state index in [4.69, 9.17) is 5.73 Å². The van der Waals surface area contributed by atoms with Gasteiger partial charge in [0.25, 0.3) is 11.8 Å². The fourth-order valence-electron chi connectivity index (χ4n) is 3.18. The van der Waals surface area contributed by atoms with Gasteiger partial charge >= 0.3 is 0 Å². The number of alkyl halides is 2. The van der Waals surface area contributed by atoms with Gasteiger partial charge in [0.2, 0.25) is 0 Å². The Morgan fingerprint density at radius 2 is 1.78 bits per heavy atom. The zero-order valence-electron chi connectivity index (χ0n) is 15.5. The van der Waals surface area contributed by atoms with Crippen LogP contribution in [0.3, 0.4) is 0 Å². The first kappa shape index (κ1) is 18.9. The highest BCUT2D eigenvalue weighted by atomic mass is 19.3. The number of rotatable bonds is 4. The molecule has 0 aromatic heterocycles. The molecule has 27 heavy (non-hydrogen) atoms. The summed E-state index contributed by atoms with van der Waals surface area (Å²) in [6.07, 6.45) is -0.462. The lowest BCUT2D eigenvalue weighted by molar-refractivity contribution is -0.0220. The van der Waals surface area contributed by atoms with Crippen molar-refractivity contribution in [3.8, 4) is 0 Å². The standard InChI is InChI=1S/C20H24F2N4O/c1-13-3-5-14(6-4-13)25-19(27)15-11-16(23)17(24-2)12-18(15)26-9-7-20(21,22)8-10-26/h3-6,11-12,24H,7-10,23H2,1-2H3,(H,25,27). The first-order valence-corrected chi connectivity index (χ1v) is 8.91. The molecule has 1 saturated heterocycles. The topological polar surface area (TPSA) is 70.4 Å². The van der Waals surface area contributed by atoms with Crippen LogP contribution in [0.4, 0.5) is 31.5 Å². The van der Waals surface area contributed by atoms with Crippen LogP contribution in [0, 0.1) is 6.92 Å². The highest BCUT2D eigenvalue weighted by Crippen LogP contribution is 2.35. The summed E-state index contributed by atoms with van der Waals surface area (Å²) in [5.41, 5.74) is 9.86. The van der Waals surface area contributed by atoms with E-state index in [2.05, 4.69) is 10.6 Å². The van der Waals surface area contributed by atoms with Crippen LogP contribution in [0.1, 0.15) is 28.8 Å². The van der Waals surface area contributed by atoms with Crippen molar-refractivity contribution < 1.29 is 13.6 Å². The number of nitrogen functional groups attached to an aromatic ring is 1. The van der Waals surface area contributed by atoms with E-state index in [0.717, 1.165) is 5.56 Å². The van der Waals surface area contributed by atoms with E-state index < -0.39 is 5.92 Å². The third kappa shape index (κ3) is 4.30. The minimum absolute atomic E-state index is 0.185. The summed E-state index contributed by atoms with van der Waals surface area (Å²) in [6, 6.07) is 10.8. The van der Waals surface area contributed by atoms with Crippen LogP contribution in [-0.2, 0) is 0 Å². The molecule has 1 aliphatic heterocycles. The molecule has 2 aromatic carbocycles. The second-order valence-corrected chi connectivity index (χ2v) is 6.87. The van der Waals surface area contributed by atoms with E-state index in [9.17, 15) is 13.6 Å². The van der Waals surface area contributed by atoms with Crippen LogP contribution in [-0.4, -0.2) is 32.0 Å². The third-order valence-electron chi connectivity index (χ3n) is 4.83. The van der Waals surface area contributed by atoms with Gasteiger partial charge in [-0.05, 0) is 31.2 Å². The number of piperidine rings is 1. The Balaban J connectivity index is 1.92. The summed E-state index contributed by atoms with van der Waals surface area (Å²) in [5, 5.41) is 5.84. The molecule has 0 spiro atoms. The predicted molar refractivity (Wildman–Crippen MR) is 106 cm³/mol. The Morgan fingerprint density at radius 1 is 1.15 bits per heavy atom. The van der Waals surface area contributed by atoms with E-state index in [1.54, 1.807) is 19.2 Å². The summed E-state index contributed by atoms with van der Waals surface area (Å²) in [6.45, 7) is 2.34. The second kappa shape index (κ2) is 7.42. The molecule has 144 valence electrons. The number of amides is 1. The molecule has 0 atom stereocenters. The molecule has 2 aromatic rings. The Morgan fingerprint density at radius 3 is 2.37 bits per heavy atom. The van der Waals surface area contributed by atoms with E-state index in [1.165, 1.54) is 0 Å². The summed E-state index contributed by atoms with van der Waals surface area (Å²) in [7, 11) is 1.73. The zero-order valence-corrected chi connectivity index (χ0v) is 15.5. The van der Waals surface area contributed by atoms with Crippen molar-refractivity contribution in [3.63, 3.8) is 0 Å². The Hall–Kier alpha value is -2.83. The fraction of sp³-hybridized carbons (Fsp3) is 0.350. The normalized spacial score (nSPS) is 16.1. The van der Waals surface area contributed by atoms with Gasteiger partial charge < -0.3 is 21.3 Å². The lowest BCUT2D eigenvalue weighted by Crippen LogP contribution is -2.40. The van der Waals surface area contributed by atoms with Crippen molar-refractivity contribution >= 4 is 28.7 Å². The number of nitrogens with two attached hydrogens (primary N) is 1. The van der Waals surface area contributed by atoms with Crippen molar-refractivity contribution in [2.24, 2.45) is 0 Å². The van der Waals surface area contributed by atoms with Crippen molar-refractivity contribution in [3.05, 3.63) is 47.5 Å². The lowest BCUT2D eigenvalue weighted by atomic mass is 10.0. The largest absolute Gasteiger partial charge is 0.397 e. The number of halogens is 2. The predicted octanol–water partition coefficient (Wildman–Crippen LogP) is 4.11. The van der Waals surface area contributed by atoms with Crippen LogP contribution in [0.15, 0.2) is 36.4 Å². The van der Waals surface area contributed by atoms with Gasteiger partial charge in [0.1, 0.15) is 0 Å². The highest BCUT2D eigenvalue weighted by molar-refractivity contribution is 6.09.